The lowest BCUT2D eigenvalue weighted by Gasteiger charge is -2.13. The maximum Gasteiger partial charge on any atom is 0.316 e. The summed E-state index contributed by atoms with van der Waals surface area (Å²) in [5.41, 5.74) is 5.50. The van der Waals surface area contributed by atoms with Crippen LogP contribution < -0.4 is 5.73 Å². The molecule has 0 radical (unpaired) electrons. The van der Waals surface area contributed by atoms with Gasteiger partial charge in [0.25, 0.3) is 0 Å². The molecule has 0 bridgehead atoms. The van der Waals surface area contributed by atoms with Crippen molar-refractivity contribution >= 4 is 11.7 Å². The molecule has 0 amide bonds. The molecular weight excluding hydrogens is 197 g/mol. The number of hydrogen-bond donors (Lipinski definition) is 1. The van der Waals surface area contributed by atoms with Gasteiger partial charge in [0.1, 0.15) is 5.82 Å². The molecule has 3 nitrogen and oxygen atoms in total. The number of anilines is 1. The van der Waals surface area contributed by atoms with E-state index >= 15 is 0 Å². The number of nitrogen functional groups attached to an aromatic ring is 1. The molecule has 0 aliphatic heterocycles. The number of esters is 1. The molecule has 1 fully saturated rings. The van der Waals surface area contributed by atoms with Crippen LogP contribution in [0.2, 0.25) is 0 Å². The van der Waals surface area contributed by atoms with Gasteiger partial charge in [0.05, 0.1) is 18.2 Å². The van der Waals surface area contributed by atoms with Gasteiger partial charge in [-0.3, -0.25) is 4.79 Å². The molecule has 1 aliphatic rings. The molecule has 0 heterocycles. The Kier molecular flexibility index (Phi) is 2.14. The van der Waals surface area contributed by atoms with Crippen molar-refractivity contribution < 1.29 is 13.9 Å². The number of benzene rings is 1. The molecule has 1 aromatic rings. The van der Waals surface area contributed by atoms with E-state index in [9.17, 15) is 9.18 Å². The third kappa shape index (κ3) is 1.46. The van der Waals surface area contributed by atoms with Gasteiger partial charge in [-0.2, -0.15) is 0 Å². The Hall–Kier alpha value is -1.58. The lowest BCUT2D eigenvalue weighted by molar-refractivity contribution is -0.143. The Morgan fingerprint density at radius 2 is 2.20 bits per heavy atom. The Morgan fingerprint density at radius 1 is 1.53 bits per heavy atom. The molecule has 1 aromatic carbocycles. The highest BCUT2D eigenvalue weighted by Crippen LogP contribution is 2.49. The minimum absolute atomic E-state index is 0.0967. The zero-order valence-corrected chi connectivity index (χ0v) is 8.42. The lowest BCUT2D eigenvalue weighted by Crippen LogP contribution is -2.22. The molecular formula is C11H12FNO2. The summed E-state index contributed by atoms with van der Waals surface area (Å²) in [4.78, 5) is 11.5. The first-order valence-corrected chi connectivity index (χ1v) is 4.74. The van der Waals surface area contributed by atoms with Crippen molar-refractivity contribution in [1.82, 2.24) is 0 Å². The van der Waals surface area contributed by atoms with Crippen LogP contribution >= 0.6 is 0 Å². The molecule has 0 spiro atoms. The molecule has 0 unspecified atom stereocenters. The van der Waals surface area contributed by atoms with E-state index in [1.807, 2.05) is 0 Å². The molecule has 0 saturated heterocycles. The van der Waals surface area contributed by atoms with Gasteiger partial charge >= 0.3 is 5.97 Å². The lowest BCUT2D eigenvalue weighted by atomic mass is 9.96. The van der Waals surface area contributed by atoms with Crippen LogP contribution in [-0.2, 0) is 14.9 Å². The van der Waals surface area contributed by atoms with Gasteiger partial charge in [-0.05, 0) is 30.5 Å². The minimum Gasteiger partial charge on any atom is -0.468 e. The second-order valence-corrected chi connectivity index (χ2v) is 3.81. The summed E-state index contributed by atoms with van der Waals surface area (Å²) in [5, 5.41) is 0. The summed E-state index contributed by atoms with van der Waals surface area (Å²) in [6, 6.07) is 4.48. The highest BCUT2D eigenvalue weighted by molar-refractivity contribution is 5.86. The van der Waals surface area contributed by atoms with E-state index in [0.717, 1.165) is 0 Å². The first-order chi connectivity index (χ1) is 7.10. The summed E-state index contributed by atoms with van der Waals surface area (Å²) in [6.45, 7) is 0. The van der Waals surface area contributed by atoms with E-state index in [1.54, 1.807) is 6.07 Å². The largest absolute Gasteiger partial charge is 0.468 e. The molecule has 80 valence electrons. The zero-order valence-electron chi connectivity index (χ0n) is 8.42. The average molecular weight is 209 g/mol. The molecule has 4 heteroatoms. The summed E-state index contributed by atoms with van der Waals surface area (Å²) < 4.78 is 17.9. The number of carbonyl (C=O) groups excluding carboxylic acids is 1. The number of hydrogen-bond acceptors (Lipinski definition) is 3. The Bertz CT molecular complexity index is 413. The van der Waals surface area contributed by atoms with E-state index < -0.39 is 11.2 Å². The quantitative estimate of drug-likeness (QED) is 0.594. The van der Waals surface area contributed by atoms with Crippen LogP contribution in [0.4, 0.5) is 10.1 Å². The smallest absolute Gasteiger partial charge is 0.316 e. The third-order valence-corrected chi connectivity index (χ3v) is 2.88. The predicted molar refractivity (Wildman–Crippen MR) is 53.7 cm³/mol. The Morgan fingerprint density at radius 3 is 2.67 bits per heavy atom. The average Bonchev–Trinajstić information content (AvgIpc) is 3.02. The monoisotopic (exact) mass is 209 g/mol. The van der Waals surface area contributed by atoms with Crippen LogP contribution in [0.15, 0.2) is 18.2 Å². The van der Waals surface area contributed by atoms with Crippen LogP contribution in [-0.4, -0.2) is 13.1 Å². The summed E-state index contributed by atoms with van der Waals surface area (Å²) in [6.07, 6.45) is 1.42. The number of ether oxygens (including phenoxy) is 1. The normalized spacial score (nSPS) is 17.2. The minimum atomic E-state index is -0.622. The van der Waals surface area contributed by atoms with Gasteiger partial charge in [-0.1, -0.05) is 6.07 Å². The van der Waals surface area contributed by atoms with Crippen molar-refractivity contribution in [3.63, 3.8) is 0 Å². The van der Waals surface area contributed by atoms with Gasteiger partial charge in [0.15, 0.2) is 0 Å². The molecule has 2 N–H and O–H groups in total. The van der Waals surface area contributed by atoms with E-state index in [4.69, 9.17) is 10.5 Å². The highest BCUT2D eigenvalue weighted by atomic mass is 19.1. The van der Waals surface area contributed by atoms with Crippen LogP contribution in [0.3, 0.4) is 0 Å². The van der Waals surface area contributed by atoms with Gasteiger partial charge < -0.3 is 10.5 Å². The van der Waals surface area contributed by atoms with Gasteiger partial charge in [0.2, 0.25) is 0 Å². The Balaban J connectivity index is 2.38. The molecule has 1 aliphatic carbocycles. The first kappa shape index (κ1) is 9.96. The maximum atomic E-state index is 13.2. The fraction of sp³-hybridized carbons (Fsp3) is 0.364. The number of carbonyl (C=O) groups is 1. The SMILES string of the molecule is COC(=O)C1(c2ccc(N)c(F)c2)CC1. The van der Waals surface area contributed by atoms with Crippen molar-refractivity contribution in [3.05, 3.63) is 29.6 Å². The predicted octanol–water partition coefficient (Wildman–Crippen LogP) is 1.61. The summed E-state index contributed by atoms with van der Waals surface area (Å²) >= 11 is 0. The van der Waals surface area contributed by atoms with E-state index in [0.29, 0.717) is 18.4 Å². The van der Waals surface area contributed by atoms with E-state index in [1.165, 1.54) is 19.2 Å². The number of nitrogens with two attached hydrogens (primary N) is 1. The fourth-order valence-corrected chi connectivity index (χ4v) is 1.76. The van der Waals surface area contributed by atoms with Crippen molar-refractivity contribution in [1.29, 1.82) is 0 Å². The molecule has 1 saturated carbocycles. The van der Waals surface area contributed by atoms with Crippen LogP contribution in [0.5, 0.6) is 0 Å². The van der Waals surface area contributed by atoms with Gasteiger partial charge in [0, 0.05) is 0 Å². The molecule has 15 heavy (non-hydrogen) atoms. The van der Waals surface area contributed by atoms with Crippen LogP contribution in [0, 0.1) is 5.82 Å². The summed E-state index contributed by atoms with van der Waals surface area (Å²) in [7, 11) is 1.34. The topological polar surface area (TPSA) is 52.3 Å². The molecule has 2 rings (SSSR count). The Labute approximate surface area is 87.0 Å². The van der Waals surface area contributed by atoms with Crippen molar-refractivity contribution in [3.8, 4) is 0 Å². The summed E-state index contributed by atoms with van der Waals surface area (Å²) in [5.74, 6) is -0.783. The third-order valence-electron chi connectivity index (χ3n) is 2.88. The van der Waals surface area contributed by atoms with E-state index in [-0.39, 0.29) is 11.7 Å². The highest BCUT2D eigenvalue weighted by Gasteiger charge is 2.52. The van der Waals surface area contributed by atoms with Gasteiger partial charge in [-0.25, -0.2) is 4.39 Å². The second-order valence-electron chi connectivity index (χ2n) is 3.81. The van der Waals surface area contributed by atoms with Crippen LogP contribution in [0.25, 0.3) is 0 Å². The number of methoxy groups -OCH3 is 1. The zero-order chi connectivity index (χ0) is 11.1. The standard InChI is InChI=1S/C11H12FNO2/c1-15-10(14)11(4-5-11)7-2-3-9(13)8(12)6-7/h2-3,6H,4-5,13H2,1H3. The number of halogens is 1. The molecule has 0 aromatic heterocycles. The number of rotatable bonds is 2. The van der Waals surface area contributed by atoms with Crippen molar-refractivity contribution in [2.45, 2.75) is 18.3 Å². The van der Waals surface area contributed by atoms with Crippen LogP contribution in [0.1, 0.15) is 18.4 Å². The van der Waals surface area contributed by atoms with Crippen molar-refractivity contribution in [2.75, 3.05) is 12.8 Å². The van der Waals surface area contributed by atoms with Crippen molar-refractivity contribution in [2.24, 2.45) is 0 Å². The van der Waals surface area contributed by atoms with Gasteiger partial charge in [-0.15, -0.1) is 0 Å². The van der Waals surface area contributed by atoms with E-state index in [2.05, 4.69) is 0 Å². The fourth-order valence-electron chi connectivity index (χ4n) is 1.76. The maximum absolute atomic E-state index is 13.2. The molecule has 0 atom stereocenters. The second kappa shape index (κ2) is 3.22. The first-order valence-electron chi connectivity index (χ1n) is 4.74.